The number of nitrogens with zero attached hydrogens (tertiary/aromatic N) is 1. The van der Waals surface area contributed by atoms with Crippen molar-refractivity contribution < 1.29 is 9.47 Å². The van der Waals surface area contributed by atoms with E-state index in [4.69, 9.17) is 9.47 Å². The molecule has 1 unspecified atom stereocenters. The smallest absolute Gasteiger partial charge is 0.295 e. The van der Waals surface area contributed by atoms with Crippen LogP contribution >= 0.6 is 0 Å². The van der Waals surface area contributed by atoms with Crippen LogP contribution in [0.4, 0.5) is 5.69 Å². The molecule has 2 aliphatic rings. The van der Waals surface area contributed by atoms with Crippen LogP contribution in [-0.4, -0.2) is 18.9 Å². The van der Waals surface area contributed by atoms with Crippen LogP contribution in [0, 0.1) is 5.92 Å². The summed E-state index contributed by atoms with van der Waals surface area (Å²) >= 11 is 0. The molecule has 140 valence electrons. The fourth-order valence-corrected chi connectivity index (χ4v) is 3.89. The molecule has 2 heterocycles. The zero-order valence-corrected chi connectivity index (χ0v) is 16.5. The second-order valence-corrected chi connectivity index (χ2v) is 7.39. The molecule has 0 N–H and O–H groups in total. The first-order valence-electron chi connectivity index (χ1n) is 9.83. The van der Waals surface area contributed by atoms with Crippen molar-refractivity contribution >= 4 is 17.8 Å². The Hall–Kier alpha value is -2.68. The summed E-state index contributed by atoms with van der Waals surface area (Å²) in [6.07, 6.45) is 6.39. The van der Waals surface area contributed by atoms with Gasteiger partial charge >= 0.3 is 0 Å². The number of para-hydroxylation sites is 1. The highest BCUT2D eigenvalue weighted by Gasteiger charge is 2.43. The van der Waals surface area contributed by atoms with E-state index in [1.165, 1.54) is 5.69 Å². The molecule has 1 atom stereocenters. The lowest BCUT2D eigenvalue weighted by Crippen LogP contribution is -2.46. The van der Waals surface area contributed by atoms with Crippen molar-refractivity contribution in [2.75, 3.05) is 18.0 Å². The summed E-state index contributed by atoms with van der Waals surface area (Å²) in [7, 11) is 0. The molecule has 0 aromatic heterocycles. The van der Waals surface area contributed by atoms with Gasteiger partial charge in [-0.05, 0) is 50.1 Å². The molecule has 0 saturated heterocycles. The van der Waals surface area contributed by atoms with Crippen molar-refractivity contribution in [2.45, 2.75) is 33.5 Å². The van der Waals surface area contributed by atoms with Crippen LogP contribution in [0.25, 0.3) is 12.2 Å². The molecule has 0 saturated carbocycles. The average Bonchev–Trinajstić information content (AvgIpc) is 2.68. The highest BCUT2D eigenvalue weighted by molar-refractivity contribution is 5.71. The third-order valence-electron chi connectivity index (χ3n) is 5.39. The summed E-state index contributed by atoms with van der Waals surface area (Å²) in [4.78, 5) is 2.32. The van der Waals surface area contributed by atoms with E-state index in [1.807, 2.05) is 24.3 Å². The number of anilines is 1. The molecule has 2 aromatic carbocycles. The normalized spacial score (nSPS) is 19.8. The van der Waals surface area contributed by atoms with Crippen molar-refractivity contribution in [3.05, 3.63) is 65.2 Å². The predicted octanol–water partition coefficient (Wildman–Crippen LogP) is 5.77. The van der Waals surface area contributed by atoms with Crippen LogP contribution in [-0.2, 0) is 0 Å². The van der Waals surface area contributed by atoms with Gasteiger partial charge in [-0.25, -0.2) is 0 Å². The van der Waals surface area contributed by atoms with Gasteiger partial charge in [0.15, 0.2) is 0 Å². The number of fused-ring (bicyclic) bond motifs is 2. The van der Waals surface area contributed by atoms with E-state index in [0.717, 1.165) is 41.3 Å². The van der Waals surface area contributed by atoms with Crippen LogP contribution in [0.5, 0.6) is 11.5 Å². The summed E-state index contributed by atoms with van der Waals surface area (Å²) in [6.45, 7) is 10.7. The minimum atomic E-state index is -0.878. The first kappa shape index (κ1) is 17.7. The summed E-state index contributed by atoms with van der Waals surface area (Å²) in [5, 5.41) is 0. The Labute approximate surface area is 161 Å². The van der Waals surface area contributed by atoms with Gasteiger partial charge in [-0.2, -0.15) is 0 Å². The second-order valence-electron chi connectivity index (χ2n) is 7.39. The summed E-state index contributed by atoms with van der Waals surface area (Å²) in [5.74, 6) is 1.15. The van der Waals surface area contributed by atoms with Gasteiger partial charge in [0.1, 0.15) is 11.5 Å². The topological polar surface area (TPSA) is 21.7 Å². The van der Waals surface area contributed by atoms with Gasteiger partial charge in [0.05, 0.1) is 0 Å². The third-order valence-corrected chi connectivity index (χ3v) is 5.39. The van der Waals surface area contributed by atoms with E-state index in [2.05, 4.69) is 69.0 Å². The molecule has 27 heavy (non-hydrogen) atoms. The van der Waals surface area contributed by atoms with Gasteiger partial charge in [-0.15, -0.1) is 0 Å². The lowest BCUT2D eigenvalue weighted by molar-refractivity contribution is -0.0472. The molecule has 2 aromatic rings. The summed E-state index contributed by atoms with van der Waals surface area (Å²) in [5.41, 5.74) is 4.50. The van der Waals surface area contributed by atoms with E-state index in [1.54, 1.807) is 0 Å². The second kappa shape index (κ2) is 6.80. The van der Waals surface area contributed by atoms with Crippen molar-refractivity contribution in [1.82, 2.24) is 0 Å². The van der Waals surface area contributed by atoms with Gasteiger partial charge in [0, 0.05) is 47.6 Å². The monoisotopic (exact) mass is 361 g/mol. The predicted molar refractivity (Wildman–Crippen MR) is 112 cm³/mol. The van der Waals surface area contributed by atoms with Crippen LogP contribution in [0.2, 0.25) is 0 Å². The Morgan fingerprint density at radius 3 is 2.41 bits per heavy atom. The van der Waals surface area contributed by atoms with Crippen LogP contribution in [0.3, 0.4) is 0 Å². The van der Waals surface area contributed by atoms with Crippen LogP contribution in [0.15, 0.2) is 54.1 Å². The first-order valence-corrected chi connectivity index (χ1v) is 9.83. The first-order chi connectivity index (χ1) is 13.1. The van der Waals surface area contributed by atoms with E-state index in [-0.39, 0.29) is 0 Å². The van der Waals surface area contributed by atoms with Crippen LogP contribution < -0.4 is 14.4 Å². The molecule has 0 bridgehead atoms. The van der Waals surface area contributed by atoms with Crippen molar-refractivity contribution in [3.8, 4) is 11.5 Å². The lowest BCUT2D eigenvalue weighted by Gasteiger charge is -2.41. The minimum absolute atomic E-state index is 0.301. The van der Waals surface area contributed by atoms with Gasteiger partial charge in [0.2, 0.25) is 0 Å². The van der Waals surface area contributed by atoms with Crippen molar-refractivity contribution in [2.24, 2.45) is 5.92 Å². The van der Waals surface area contributed by atoms with E-state index < -0.39 is 5.79 Å². The van der Waals surface area contributed by atoms with E-state index >= 15 is 0 Å². The Kier molecular flexibility index (Phi) is 4.47. The van der Waals surface area contributed by atoms with Crippen molar-refractivity contribution in [3.63, 3.8) is 0 Å². The summed E-state index contributed by atoms with van der Waals surface area (Å²) in [6, 6.07) is 14.6. The molecule has 3 nitrogen and oxygen atoms in total. The Morgan fingerprint density at radius 2 is 1.67 bits per heavy atom. The maximum atomic E-state index is 6.57. The number of ether oxygens (including phenoxy) is 2. The highest BCUT2D eigenvalue weighted by atomic mass is 16.7. The molecule has 0 aliphatic carbocycles. The average molecular weight is 361 g/mol. The number of rotatable bonds is 4. The molecule has 2 aliphatic heterocycles. The van der Waals surface area contributed by atoms with Gasteiger partial charge < -0.3 is 14.4 Å². The quantitative estimate of drug-likeness (QED) is 0.690. The Bertz CT molecular complexity index is 908. The van der Waals surface area contributed by atoms with E-state index in [9.17, 15) is 0 Å². The highest BCUT2D eigenvalue weighted by Crippen LogP contribution is 2.45. The van der Waals surface area contributed by atoms with E-state index in [0.29, 0.717) is 5.92 Å². The molecule has 0 radical (unpaired) electrons. The SMILES string of the molecule is CCN(CC)c1ccc2c(c1)OC1(C=Cc3ccccc3O1)C(C(C)C)=C2. The van der Waals surface area contributed by atoms with Crippen molar-refractivity contribution in [1.29, 1.82) is 0 Å². The zero-order valence-electron chi connectivity index (χ0n) is 16.5. The summed E-state index contributed by atoms with van der Waals surface area (Å²) < 4.78 is 13.0. The number of hydrogen-bond donors (Lipinski definition) is 0. The molecule has 0 fully saturated rings. The lowest BCUT2D eigenvalue weighted by atomic mass is 9.88. The van der Waals surface area contributed by atoms with Gasteiger partial charge in [-0.3, -0.25) is 0 Å². The minimum Gasteiger partial charge on any atom is -0.444 e. The molecular formula is C24H27NO2. The largest absolute Gasteiger partial charge is 0.444 e. The third kappa shape index (κ3) is 3.01. The Balaban J connectivity index is 1.79. The molecule has 4 rings (SSSR count). The zero-order chi connectivity index (χ0) is 19.0. The maximum absolute atomic E-state index is 6.57. The molecule has 1 spiro atoms. The Morgan fingerprint density at radius 1 is 0.926 bits per heavy atom. The van der Waals surface area contributed by atoms with Crippen LogP contribution in [0.1, 0.15) is 38.8 Å². The number of benzene rings is 2. The fourth-order valence-electron chi connectivity index (χ4n) is 3.89. The van der Waals surface area contributed by atoms with Gasteiger partial charge in [0.25, 0.3) is 5.79 Å². The molecule has 0 amide bonds. The standard InChI is InChI=1S/C24H27NO2/c1-5-25(6-2)20-12-11-19-15-21(17(3)4)24(27-23(19)16-20)14-13-18-9-7-8-10-22(18)26-24/h7-17H,5-6H2,1-4H3. The molecule has 3 heteroatoms. The molecular weight excluding hydrogens is 334 g/mol. The maximum Gasteiger partial charge on any atom is 0.295 e. The van der Waals surface area contributed by atoms with Gasteiger partial charge in [-0.1, -0.05) is 32.0 Å². The fraction of sp³-hybridized carbons (Fsp3) is 0.333. The number of hydrogen-bond acceptors (Lipinski definition) is 3.